The Bertz CT molecular complexity index is 1280. The maximum atomic E-state index is 13.5. The SMILES string of the molecule is O=S(=O)(c1ccc(Nc2cc(Cl)ccc2Cl)nc1)N(Cc1ccccc1)Cc1ccccc1. The smallest absolute Gasteiger partial charge is 0.245 e. The third kappa shape index (κ3) is 5.92. The van der Waals surface area contributed by atoms with E-state index >= 15 is 0 Å². The summed E-state index contributed by atoms with van der Waals surface area (Å²) in [5.74, 6) is 0.454. The average molecular weight is 498 g/mol. The first-order valence-electron chi connectivity index (χ1n) is 10.2. The molecule has 33 heavy (non-hydrogen) atoms. The second-order valence-corrected chi connectivity index (χ2v) is 10.2. The Balaban J connectivity index is 1.60. The van der Waals surface area contributed by atoms with Gasteiger partial charge in [0.2, 0.25) is 10.0 Å². The fourth-order valence-electron chi connectivity index (χ4n) is 3.29. The molecule has 1 N–H and O–H groups in total. The van der Waals surface area contributed by atoms with Crippen LogP contribution in [0.1, 0.15) is 11.1 Å². The molecule has 0 aliphatic carbocycles. The molecule has 0 atom stereocenters. The van der Waals surface area contributed by atoms with Crippen molar-refractivity contribution >= 4 is 44.7 Å². The second-order valence-electron chi connectivity index (χ2n) is 7.37. The highest BCUT2D eigenvalue weighted by molar-refractivity contribution is 7.89. The first kappa shape index (κ1) is 23.3. The number of anilines is 2. The lowest BCUT2D eigenvalue weighted by Crippen LogP contribution is -2.30. The summed E-state index contributed by atoms with van der Waals surface area (Å²) in [6.45, 7) is 0.492. The summed E-state index contributed by atoms with van der Waals surface area (Å²) >= 11 is 12.2. The van der Waals surface area contributed by atoms with Crippen molar-refractivity contribution in [3.63, 3.8) is 0 Å². The summed E-state index contributed by atoms with van der Waals surface area (Å²) in [6, 6.07) is 27.2. The molecular formula is C25H21Cl2N3O2S. The number of pyridine rings is 1. The Morgan fingerprint density at radius 3 is 1.94 bits per heavy atom. The van der Waals surface area contributed by atoms with Gasteiger partial charge in [-0.25, -0.2) is 13.4 Å². The lowest BCUT2D eigenvalue weighted by Gasteiger charge is -2.22. The van der Waals surface area contributed by atoms with Crippen LogP contribution in [0.4, 0.5) is 11.5 Å². The minimum Gasteiger partial charge on any atom is -0.339 e. The van der Waals surface area contributed by atoms with Crippen LogP contribution in [-0.4, -0.2) is 17.7 Å². The highest BCUT2D eigenvalue weighted by atomic mass is 35.5. The van der Waals surface area contributed by atoms with Crippen molar-refractivity contribution in [2.45, 2.75) is 18.0 Å². The fourth-order valence-corrected chi connectivity index (χ4v) is 4.99. The minimum atomic E-state index is -3.81. The van der Waals surface area contributed by atoms with Gasteiger partial charge in [0.15, 0.2) is 0 Å². The lowest BCUT2D eigenvalue weighted by atomic mass is 10.2. The standard InChI is InChI=1S/C25H21Cl2N3O2S/c26-21-11-13-23(27)24(15-21)29-25-14-12-22(16-28-25)33(31,32)30(17-19-7-3-1-4-8-19)18-20-9-5-2-6-10-20/h1-16H,17-18H2,(H,28,29). The molecule has 168 valence electrons. The first-order valence-corrected chi connectivity index (χ1v) is 12.4. The van der Waals surface area contributed by atoms with Crippen LogP contribution in [-0.2, 0) is 23.1 Å². The van der Waals surface area contributed by atoms with Gasteiger partial charge in [-0.3, -0.25) is 0 Å². The first-order chi connectivity index (χ1) is 15.9. The largest absolute Gasteiger partial charge is 0.339 e. The number of nitrogens with one attached hydrogen (secondary N) is 1. The van der Waals surface area contributed by atoms with E-state index < -0.39 is 10.0 Å². The summed E-state index contributed by atoms with van der Waals surface area (Å²) in [7, 11) is -3.81. The molecule has 0 fully saturated rings. The highest BCUT2D eigenvalue weighted by Crippen LogP contribution is 2.28. The maximum absolute atomic E-state index is 13.5. The third-order valence-corrected chi connectivity index (χ3v) is 7.31. The van der Waals surface area contributed by atoms with Crippen LogP contribution in [0.15, 0.2) is 102 Å². The number of sulfonamides is 1. The Kier molecular flexibility index (Phi) is 7.30. The quantitative estimate of drug-likeness (QED) is 0.300. The van der Waals surface area contributed by atoms with Crippen molar-refractivity contribution in [2.24, 2.45) is 0 Å². The van der Waals surface area contributed by atoms with Gasteiger partial charge >= 0.3 is 0 Å². The van der Waals surface area contributed by atoms with E-state index in [1.54, 1.807) is 24.3 Å². The van der Waals surface area contributed by atoms with Gasteiger partial charge in [0.25, 0.3) is 0 Å². The molecule has 0 saturated heterocycles. The number of hydrogen-bond donors (Lipinski definition) is 1. The summed E-state index contributed by atoms with van der Waals surface area (Å²) in [5, 5.41) is 4.07. The third-order valence-electron chi connectivity index (χ3n) is 4.97. The molecule has 0 bridgehead atoms. The molecule has 0 unspecified atom stereocenters. The molecule has 4 rings (SSSR count). The predicted octanol–water partition coefficient (Wildman–Crippen LogP) is 6.52. The van der Waals surface area contributed by atoms with Gasteiger partial charge in [0.1, 0.15) is 10.7 Å². The molecule has 0 aliphatic heterocycles. The Labute approximate surface area is 203 Å². The fraction of sp³-hybridized carbons (Fsp3) is 0.0800. The lowest BCUT2D eigenvalue weighted by molar-refractivity contribution is 0.401. The van der Waals surface area contributed by atoms with E-state index in [1.165, 1.54) is 16.6 Å². The predicted molar refractivity (Wildman–Crippen MR) is 133 cm³/mol. The molecule has 0 spiro atoms. The Hall–Kier alpha value is -2.90. The van der Waals surface area contributed by atoms with Gasteiger partial charge in [0, 0.05) is 24.3 Å². The molecule has 0 amide bonds. The zero-order valence-corrected chi connectivity index (χ0v) is 19.9. The molecular weight excluding hydrogens is 477 g/mol. The molecule has 5 nitrogen and oxygen atoms in total. The molecule has 1 heterocycles. The Morgan fingerprint density at radius 2 is 1.39 bits per heavy atom. The van der Waals surface area contributed by atoms with Crippen LogP contribution in [0.3, 0.4) is 0 Å². The zero-order chi connectivity index (χ0) is 23.3. The average Bonchev–Trinajstić information content (AvgIpc) is 2.83. The van der Waals surface area contributed by atoms with Crippen molar-refractivity contribution < 1.29 is 8.42 Å². The van der Waals surface area contributed by atoms with Crippen molar-refractivity contribution in [3.8, 4) is 0 Å². The summed E-state index contributed by atoms with van der Waals surface area (Å²) in [5.41, 5.74) is 2.39. The van der Waals surface area contributed by atoms with E-state index in [4.69, 9.17) is 23.2 Å². The topological polar surface area (TPSA) is 62.3 Å². The highest BCUT2D eigenvalue weighted by Gasteiger charge is 2.25. The van der Waals surface area contributed by atoms with E-state index in [-0.39, 0.29) is 18.0 Å². The normalized spacial score (nSPS) is 11.5. The van der Waals surface area contributed by atoms with Gasteiger partial charge < -0.3 is 5.32 Å². The molecule has 3 aromatic carbocycles. The molecule has 4 aromatic rings. The number of rotatable bonds is 8. The van der Waals surface area contributed by atoms with Crippen molar-refractivity contribution in [3.05, 3.63) is 118 Å². The van der Waals surface area contributed by atoms with Crippen LogP contribution in [0.2, 0.25) is 10.0 Å². The summed E-state index contributed by atoms with van der Waals surface area (Å²) in [6.07, 6.45) is 1.35. The van der Waals surface area contributed by atoms with Gasteiger partial charge in [-0.05, 0) is 41.5 Å². The number of nitrogens with zero attached hydrogens (tertiary/aromatic N) is 2. The van der Waals surface area contributed by atoms with Crippen LogP contribution in [0, 0.1) is 0 Å². The summed E-state index contributed by atoms with van der Waals surface area (Å²) < 4.78 is 28.5. The molecule has 0 radical (unpaired) electrons. The van der Waals surface area contributed by atoms with Crippen molar-refractivity contribution in [2.75, 3.05) is 5.32 Å². The van der Waals surface area contributed by atoms with Gasteiger partial charge in [-0.1, -0.05) is 83.9 Å². The van der Waals surface area contributed by atoms with Gasteiger partial charge in [-0.2, -0.15) is 4.31 Å². The van der Waals surface area contributed by atoms with Crippen molar-refractivity contribution in [1.82, 2.24) is 9.29 Å². The van der Waals surface area contributed by atoms with Crippen LogP contribution >= 0.6 is 23.2 Å². The van der Waals surface area contributed by atoms with E-state index in [0.717, 1.165) is 11.1 Å². The monoisotopic (exact) mass is 497 g/mol. The van der Waals surface area contributed by atoms with Crippen LogP contribution in [0.5, 0.6) is 0 Å². The molecule has 0 aliphatic rings. The van der Waals surface area contributed by atoms with Gasteiger partial charge in [-0.15, -0.1) is 0 Å². The van der Waals surface area contributed by atoms with Crippen LogP contribution < -0.4 is 5.32 Å². The van der Waals surface area contributed by atoms with E-state index in [1.807, 2.05) is 60.7 Å². The zero-order valence-electron chi connectivity index (χ0n) is 17.5. The second kappa shape index (κ2) is 10.4. The number of halogens is 2. The van der Waals surface area contributed by atoms with E-state index in [9.17, 15) is 8.42 Å². The molecule has 8 heteroatoms. The number of aromatic nitrogens is 1. The maximum Gasteiger partial charge on any atom is 0.245 e. The number of hydrogen-bond acceptors (Lipinski definition) is 4. The molecule has 1 aromatic heterocycles. The minimum absolute atomic E-state index is 0.108. The van der Waals surface area contributed by atoms with Crippen LogP contribution in [0.25, 0.3) is 0 Å². The van der Waals surface area contributed by atoms with Crippen molar-refractivity contribution in [1.29, 1.82) is 0 Å². The van der Waals surface area contributed by atoms with E-state index in [2.05, 4.69) is 10.3 Å². The molecule has 0 saturated carbocycles. The number of benzene rings is 3. The van der Waals surface area contributed by atoms with Gasteiger partial charge in [0.05, 0.1) is 10.7 Å². The Morgan fingerprint density at radius 1 is 0.788 bits per heavy atom. The summed E-state index contributed by atoms with van der Waals surface area (Å²) in [4.78, 5) is 4.40. The van der Waals surface area contributed by atoms with E-state index in [0.29, 0.717) is 21.6 Å².